The second-order valence-corrected chi connectivity index (χ2v) is 7.61. The Morgan fingerprint density at radius 2 is 1.84 bits per heavy atom. The van der Waals surface area contributed by atoms with Crippen LogP contribution in [0, 0.1) is 0 Å². The van der Waals surface area contributed by atoms with Gasteiger partial charge in [-0.3, -0.25) is 0 Å². The molecule has 0 spiro atoms. The first-order chi connectivity index (χ1) is 14.9. The monoisotopic (exact) mass is 430 g/mol. The number of nitrogens with zero attached hydrogens (tertiary/aromatic N) is 6. The van der Waals surface area contributed by atoms with Crippen molar-refractivity contribution in [3.63, 3.8) is 0 Å². The first-order valence-electron chi connectivity index (χ1n) is 9.77. The Bertz CT molecular complexity index is 1150. The van der Waals surface area contributed by atoms with Crippen LogP contribution in [0.5, 0.6) is 0 Å². The van der Waals surface area contributed by atoms with Crippen LogP contribution in [0.4, 0.5) is 24.7 Å². The SMILES string of the molecule is O=C=Nc1ccc(-c2nc(N3C4CCC3COC4)c3cnn(CC(F)(F)F)c3n2)cc1. The molecule has 2 bridgehead atoms. The van der Waals surface area contributed by atoms with Crippen LogP contribution < -0.4 is 4.90 Å². The van der Waals surface area contributed by atoms with Gasteiger partial charge in [0.25, 0.3) is 0 Å². The van der Waals surface area contributed by atoms with Crippen LogP contribution in [-0.4, -0.2) is 57.3 Å². The molecule has 2 aliphatic rings. The lowest BCUT2D eigenvalue weighted by Crippen LogP contribution is -2.46. The van der Waals surface area contributed by atoms with Crippen LogP contribution in [0.15, 0.2) is 35.5 Å². The van der Waals surface area contributed by atoms with Gasteiger partial charge in [0.2, 0.25) is 6.08 Å². The van der Waals surface area contributed by atoms with Crippen LogP contribution in [-0.2, 0) is 16.1 Å². The number of aliphatic imine (C=N–C) groups is 1. The normalized spacial score (nSPS) is 20.8. The summed E-state index contributed by atoms with van der Waals surface area (Å²) in [6, 6.07) is 6.75. The fourth-order valence-corrected chi connectivity index (χ4v) is 4.26. The third-order valence-electron chi connectivity index (χ3n) is 5.59. The number of aromatic nitrogens is 4. The van der Waals surface area contributed by atoms with E-state index in [9.17, 15) is 18.0 Å². The molecule has 2 saturated heterocycles. The van der Waals surface area contributed by atoms with Crippen LogP contribution in [0.1, 0.15) is 12.8 Å². The second kappa shape index (κ2) is 7.44. The summed E-state index contributed by atoms with van der Waals surface area (Å²) in [5.41, 5.74) is 1.12. The third-order valence-corrected chi connectivity index (χ3v) is 5.59. The second-order valence-electron chi connectivity index (χ2n) is 7.61. The molecule has 2 unspecified atom stereocenters. The van der Waals surface area contributed by atoms with Crippen molar-refractivity contribution in [2.24, 2.45) is 4.99 Å². The van der Waals surface area contributed by atoms with Crippen molar-refractivity contribution in [1.29, 1.82) is 0 Å². The van der Waals surface area contributed by atoms with E-state index in [2.05, 4.69) is 20.0 Å². The molecule has 4 heterocycles. The van der Waals surface area contributed by atoms with Crippen molar-refractivity contribution < 1.29 is 22.7 Å². The smallest absolute Gasteiger partial charge is 0.377 e. The first-order valence-corrected chi connectivity index (χ1v) is 9.77. The average Bonchev–Trinajstić information content (AvgIpc) is 3.24. The van der Waals surface area contributed by atoms with E-state index < -0.39 is 12.7 Å². The van der Waals surface area contributed by atoms with Gasteiger partial charge in [0.15, 0.2) is 11.5 Å². The Balaban J connectivity index is 1.67. The number of rotatable bonds is 4. The van der Waals surface area contributed by atoms with Crippen LogP contribution in [0.3, 0.4) is 0 Å². The largest absolute Gasteiger partial charge is 0.408 e. The van der Waals surface area contributed by atoms with Gasteiger partial charge in [-0.1, -0.05) is 0 Å². The minimum absolute atomic E-state index is 0.111. The zero-order valence-electron chi connectivity index (χ0n) is 16.2. The number of hydrogen-bond donors (Lipinski definition) is 0. The number of anilines is 1. The van der Waals surface area contributed by atoms with E-state index in [4.69, 9.17) is 9.72 Å². The average molecular weight is 430 g/mol. The van der Waals surface area contributed by atoms with Gasteiger partial charge in [0.05, 0.1) is 42.6 Å². The lowest BCUT2D eigenvalue weighted by atomic mass is 10.2. The molecule has 2 atom stereocenters. The molecule has 2 fully saturated rings. The Hall–Kier alpha value is -3.30. The molecule has 0 N–H and O–H groups in total. The summed E-state index contributed by atoms with van der Waals surface area (Å²) >= 11 is 0. The maximum Gasteiger partial charge on any atom is 0.408 e. The Morgan fingerprint density at radius 1 is 1.13 bits per heavy atom. The molecule has 0 radical (unpaired) electrons. The molecule has 0 amide bonds. The predicted molar refractivity (Wildman–Crippen MR) is 105 cm³/mol. The number of alkyl halides is 3. The summed E-state index contributed by atoms with van der Waals surface area (Å²) in [6.07, 6.45) is 0.297. The van der Waals surface area contributed by atoms with E-state index in [-0.39, 0.29) is 23.6 Å². The quantitative estimate of drug-likeness (QED) is 0.466. The number of ether oxygens (including phenoxy) is 1. The Morgan fingerprint density at radius 3 is 2.48 bits per heavy atom. The molecule has 0 saturated carbocycles. The highest BCUT2D eigenvalue weighted by Crippen LogP contribution is 2.38. The van der Waals surface area contributed by atoms with Crippen LogP contribution in [0.2, 0.25) is 0 Å². The number of halogens is 3. The number of carbonyl (C=O) groups excluding carboxylic acids is 1. The molecule has 2 aliphatic heterocycles. The number of benzene rings is 1. The molecule has 1 aromatic carbocycles. The van der Waals surface area contributed by atoms with E-state index in [0.29, 0.717) is 35.7 Å². The molecule has 3 aromatic rings. The van der Waals surface area contributed by atoms with Gasteiger partial charge in [-0.2, -0.15) is 23.3 Å². The van der Waals surface area contributed by atoms with Gasteiger partial charge in [-0.15, -0.1) is 0 Å². The fraction of sp³-hybridized carbons (Fsp3) is 0.400. The van der Waals surface area contributed by atoms with Gasteiger partial charge >= 0.3 is 6.18 Å². The summed E-state index contributed by atoms with van der Waals surface area (Å²) in [5.74, 6) is 0.846. The zero-order valence-corrected chi connectivity index (χ0v) is 16.2. The maximum atomic E-state index is 13.1. The molecule has 2 aromatic heterocycles. The summed E-state index contributed by atoms with van der Waals surface area (Å²) < 4.78 is 45.8. The number of hydrogen-bond acceptors (Lipinski definition) is 7. The van der Waals surface area contributed by atoms with E-state index in [1.54, 1.807) is 24.3 Å². The zero-order chi connectivity index (χ0) is 21.6. The third kappa shape index (κ3) is 3.66. The maximum absolute atomic E-state index is 13.1. The van der Waals surface area contributed by atoms with Gasteiger partial charge in [0, 0.05) is 5.56 Å². The van der Waals surface area contributed by atoms with Crippen molar-refractivity contribution in [3.8, 4) is 11.4 Å². The minimum Gasteiger partial charge on any atom is -0.377 e. The molecule has 0 aliphatic carbocycles. The number of isocyanates is 1. The lowest BCUT2D eigenvalue weighted by Gasteiger charge is -2.36. The Labute approximate surface area is 174 Å². The standard InChI is InChI=1S/C20H17F3N6O2/c21-20(22,23)10-28-18-16(7-25-28)19(29-14-5-6-15(29)9-31-8-14)27-17(26-18)12-1-3-13(4-2-12)24-11-30/h1-4,7,14-15H,5-6,8-10H2. The number of morpholine rings is 1. The van der Waals surface area contributed by atoms with Crippen molar-refractivity contribution in [3.05, 3.63) is 30.5 Å². The summed E-state index contributed by atoms with van der Waals surface area (Å²) in [5, 5.41) is 4.44. The van der Waals surface area contributed by atoms with Crippen LogP contribution >= 0.6 is 0 Å². The molecule has 11 heteroatoms. The van der Waals surface area contributed by atoms with Crippen molar-refractivity contribution in [2.45, 2.75) is 37.6 Å². The molecule has 31 heavy (non-hydrogen) atoms. The highest BCUT2D eigenvalue weighted by atomic mass is 19.4. The molecule has 160 valence electrons. The van der Waals surface area contributed by atoms with Crippen molar-refractivity contribution >= 4 is 28.6 Å². The lowest BCUT2D eigenvalue weighted by molar-refractivity contribution is -0.141. The van der Waals surface area contributed by atoms with Crippen molar-refractivity contribution in [2.75, 3.05) is 18.1 Å². The highest BCUT2D eigenvalue weighted by molar-refractivity contribution is 5.89. The molecular weight excluding hydrogens is 413 g/mol. The van der Waals surface area contributed by atoms with E-state index in [1.165, 1.54) is 12.3 Å². The van der Waals surface area contributed by atoms with Gasteiger partial charge in [-0.05, 0) is 37.1 Å². The summed E-state index contributed by atoms with van der Waals surface area (Å²) in [6.45, 7) is -0.145. The molecule has 5 rings (SSSR count). The van der Waals surface area contributed by atoms with Crippen LogP contribution in [0.25, 0.3) is 22.4 Å². The van der Waals surface area contributed by atoms with E-state index in [1.807, 2.05) is 0 Å². The minimum atomic E-state index is -4.43. The number of fused-ring (bicyclic) bond motifs is 3. The summed E-state index contributed by atoms with van der Waals surface area (Å²) in [4.78, 5) is 25.3. The fourth-order valence-electron chi connectivity index (χ4n) is 4.26. The first kappa shape index (κ1) is 19.7. The van der Waals surface area contributed by atoms with Gasteiger partial charge < -0.3 is 9.64 Å². The van der Waals surface area contributed by atoms with E-state index >= 15 is 0 Å². The molecular formula is C20H17F3N6O2. The van der Waals surface area contributed by atoms with E-state index in [0.717, 1.165) is 17.5 Å². The summed E-state index contributed by atoms with van der Waals surface area (Å²) in [7, 11) is 0. The van der Waals surface area contributed by atoms with Crippen molar-refractivity contribution in [1.82, 2.24) is 19.7 Å². The predicted octanol–water partition coefficient (Wildman–Crippen LogP) is 3.39. The van der Waals surface area contributed by atoms with Gasteiger partial charge in [0.1, 0.15) is 12.4 Å². The highest BCUT2D eigenvalue weighted by Gasteiger charge is 2.40. The Kier molecular flexibility index (Phi) is 4.71. The topological polar surface area (TPSA) is 85.5 Å². The molecule has 8 nitrogen and oxygen atoms in total. The van der Waals surface area contributed by atoms with Gasteiger partial charge in [-0.25, -0.2) is 19.4 Å².